The van der Waals surface area contributed by atoms with Gasteiger partial charge in [0.1, 0.15) is 15.8 Å². The zero-order chi connectivity index (χ0) is 23.9. The van der Waals surface area contributed by atoms with E-state index in [9.17, 15) is 0 Å². The van der Waals surface area contributed by atoms with E-state index < -0.39 is 0 Å². The van der Waals surface area contributed by atoms with Gasteiger partial charge in [0.15, 0.2) is 0 Å². The van der Waals surface area contributed by atoms with Crippen LogP contribution in [0, 0.1) is 12.8 Å². The van der Waals surface area contributed by atoms with E-state index in [-0.39, 0.29) is 0 Å². The third-order valence-electron chi connectivity index (χ3n) is 6.30. The molecule has 0 bridgehead atoms. The zero-order valence-corrected chi connectivity index (χ0v) is 21.1. The first-order valence-electron chi connectivity index (χ1n) is 11.8. The summed E-state index contributed by atoms with van der Waals surface area (Å²) in [6.45, 7) is 8.30. The Hall–Kier alpha value is -3.09. The summed E-state index contributed by atoms with van der Waals surface area (Å²) in [6, 6.07) is 17.0. The summed E-state index contributed by atoms with van der Waals surface area (Å²) < 4.78 is 0. The van der Waals surface area contributed by atoms with Gasteiger partial charge in [-0.25, -0.2) is 4.98 Å². The van der Waals surface area contributed by atoms with Gasteiger partial charge in [-0.2, -0.15) is 0 Å². The van der Waals surface area contributed by atoms with E-state index >= 15 is 0 Å². The molecule has 6 heteroatoms. The smallest absolute Gasteiger partial charge is 0.147 e. The van der Waals surface area contributed by atoms with Crippen LogP contribution in [0.2, 0.25) is 0 Å². The molecule has 176 valence electrons. The van der Waals surface area contributed by atoms with Crippen molar-refractivity contribution in [1.82, 2.24) is 20.1 Å². The fourth-order valence-electron chi connectivity index (χ4n) is 4.27. The molecule has 1 aliphatic rings. The Bertz CT molecular complexity index is 1240. The minimum Gasteiger partial charge on any atom is -0.373 e. The highest BCUT2D eigenvalue weighted by molar-refractivity contribution is 7.14. The fourth-order valence-corrected chi connectivity index (χ4v) is 4.96. The molecule has 0 spiro atoms. The van der Waals surface area contributed by atoms with Crippen molar-refractivity contribution in [2.75, 3.05) is 32.5 Å². The third kappa shape index (κ3) is 6.27. The summed E-state index contributed by atoms with van der Waals surface area (Å²) in [7, 11) is 4.08. The van der Waals surface area contributed by atoms with Crippen LogP contribution >= 0.6 is 11.3 Å². The number of piperidine rings is 1. The Labute approximate surface area is 206 Å². The lowest BCUT2D eigenvalue weighted by atomic mass is 9.90. The van der Waals surface area contributed by atoms with Gasteiger partial charge in [-0.3, -0.25) is 0 Å². The van der Waals surface area contributed by atoms with E-state index in [4.69, 9.17) is 0 Å². The minimum absolute atomic E-state index is 0.869. The quantitative estimate of drug-likeness (QED) is 0.369. The lowest BCUT2D eigenvalue weighted by Crippen LogP contribution is -2.30. The summed E-state index contributed by atoms with van der Waals surface area (Å²) in [4.78, 5) is 6.72. The largest absolute Gasteiger partial charge is 0.373 e. The number of pyridine rings is 1. The summed E-state index contributed by atoms with van der Waals surface area (Å²) in [5, 5.41) is 15.5. The Kier molecular flexibility index (Phi) is 8.03. The maximum absolute atomic E-state index is 4.30. The molecular weight excluding hydrogens is 438 g/mol. The Morgan fingerprint density at radius 1 is 1.09 bits per heavy atom. The number of aromatic nitrogens is 3. The first kappa shape index (κ1) is 24.0. The van der Waals surface area contributed by atoms with Crippen LogP contribution in [0.15, 0.2) is 61.3 Å². The average molecular weight is 472 g/mol. The molecule has 3 heterocycles. The SMILES string of the molecule is C=Cc1cccc(CC2CCN(C)CC2)c1.CNc1cc2cc(-c3nnc(C)s3)ccc2cn1. The molecule has 1 aliphatic heterocycles. The summed E-state index contributed by atoms with van der Waals surface area (Å²) in [6.07, 6.45) is 7.72. The van der Waals surface area contributed by atoms with Crippen molar-refractivity contribution < 1.29 is 0 Å². The first-order valence-corrected chi connectivity index (χ1v) is 12.6. The van der Waals surface area contributed by atoms with Gasteiger partial charge in [-0.15, -0.1) is 10.2 Å². The standard InChI is InChI=1S/C15H21N.C13H12N4S/c1-3-13-5-4-6-15(11-13)12-14-7-9-16(2)10-8-14;1-8-16-17-13(18-8)9-3-4-10-7-15-12(14-2)6-11(10)5-9/h3-6,11,14H,1,7-10,12H2,2H3;3-7H,1-2H3,(H,14,15). The molecule has 1 saturated heterocycles. The molecular formula is C28H33N5S. The van der Waals surface area contributed by atoms with Gasteiger partial charge in [0.05, 0.1) is 0 Å². The molecule has 5 nitrogen and oxygen atoms in total. The number of benzene rings is 2. The Morgan fingerprint density at radius 2 is 1.91 bits per heavy atom. The molecule has 1 fully saturated rings. The summed E-state index contributed by atoms with van der Waals surface area (Å²) in [5.74, 6) is 1.74. The molecule has 4 aromatic rings. The number of hydrogen-bond acceptors (Lipinski definition) is 6. The second kappa shape index (κ2) is 11.4. The Morgan fingerprint density at radius 3 is 2.62 bits per heavy atom. The number of nitrogens with one attached hydrogen (secondary N) is 1. The van der Waals surface area contributed by atoms with Gasteiger partial charge in [0, 0.05) is 24.2 Å². The van der Waals surface area contributed by atoms with Crippen molar-refractivity contribution in [3.8, 4) is 10.6 Å². The first-order chi connectivity index (χ1) is 16.5. The van der Waals surface area contributed by atoms with Gasteiger partial charge in [-0.05, 0) is 80.9 Å². The van der Waals surface area contributed by atoms with E-state index in [1.165, 1.54) is 43.5 Å². The van der Waals surface area contributed by atoms with Gasteiger partial charge in [-0.1, -0.05) is 60.4 Å². The van der Waals surface area contributed by atoms with Gasteiger partial charge in [0.25, 0.3) is 0 Å². The second-order valence-corrected chi connectivity index (χ2v) is 10.1. The maximum Gasteiger partial charge on any atom is 0.147 e. The number of anilines is 1. The van der Waals surface area contributed by atoms with Crippen LogP contribution < -0.4 is 5.32 Å². The topological polar surface area (TPSA) is 53.9 Å². The zero-order valence-electron chi connectivity index (χ0n) is 20.3. The van der Waals surface area contributed by atoms with E-state index in [1.807, 2.05) is 32.3 Å². The highest BCUT2D eigenvalue weighted by Gasteiger charge is 2.16. The van der Waals surface area contributed by atoms with Gasteiger partial charge < -0.3 is 10.2 Å². The molecule has 0 atom stereocenters. The molecule has 34 heavy (non-hydrogen) atoms. The molecule has 0 aliphatic carbocycles. The number of nitrogens with zero attached hydrogens (tertiary/aromatic N) is 4. The number of rotatable bonds is 5. The minimum atomic E-state index is 0.869. The molecule has 0 saturated carbocycles. The lowest BCUT2D eigenvalue weighted by Gasteiger charge is -2.29. The van der Waals surface area contributed by atoms with E-state index in [0.29, 0.717) is 0 Å². The molecule has 2 aromatic heterocycles. The monoisotopic (exact) mass is 471 g/mol. The predicted octanol–water partition coefficient (Wildman–Crippen LogP) is 6.32. The fraction of sp³-hybridized carbons (Fsp3) is 0.321. The van der Waals surface area contributed by atoms with Crippen molar-refractivity contribution in [3.63, 3.8) is 0 Å². The summed E-state index contributed by atoms with van der Waals surface area (Å²) in [5.41, 5.74) is 3.80. The number of aryl methyl sites for hydroxylation is 1. The lowest BCUT2D eigenvalue weighted by molar-refractivity contribution is 0.219. The molecule has 0 unspecified atom stereocenters. The van der Waals surface area contributed by atoms with Crippen molar-refractivity contribution in [1.29, 1.82) is 0 Å². The van der Waals surface area contributed by atoms with E-state index in [2.05, 4.69) is 81.5 Å². The molecule has 5 rings (SSSR count). The van der Waals surface area contributed by atoms with Crippen LogP contribution in [0.3, 0.4) is 0 Å². The Balaban J connectivity index is 0.000000162. The number of likely N-dealkylation sites (tertiary alicyclic amines) is 1. The van der Waals surface area contributed by atoms with Crippen molar-refractivity contribution in [2.45, 2.75) is 26.2 Å². The van der Waals surface area contributed by atoms with Gasteiger partial charge in [0.2, 0.25) is 0 Å². The molecule has 1 N–H and O–H groups in total. The molecule has 0 radical (unpaired) electrons. The predicted molar refractivity (Wildman–Crippen MR) is 145 cm³/mol. The van der Waals surface area contributed by atoms with E-state index in [0.717, 1.165) is 38.1 Å². The van der Waals surface area contributed by atoms with Crippen molar-refractivity contribution in [3.05, 3.63) is 77.4 Å². The van der Waals surface area contributed by atoms with Crippen LogP contribution in [-0.4, -0.2) is 47.3 Å². The highest BCUT2D eigenvalue weighted by Crippen LogP contribution is 2.27. The third-order valence-corrected chi connectivity index (χ3v) is 7.19. The second-order valence-electron chi connectivity index (χ2n) is 8.91. The van der Waals surface area contributed by atoms with E-state index in [1.54, 1.807) is 11.3 Å². The highest BCUT2D eigenvalue weighted by atomic mass is 32.1. The summed E-state index contributed by atoms with van der Waals surface area (Å²) >= 11 is 1.61. The number of fused-ring (bicyclic) bond motifs is 1. The molecule has 2 aromatic carbocycles. The average Bonchev–Trinajstić information content (AvgIpc) is 3.31. The van der Waals surface area contributed by atoms with Crippen LogP contribution in [0.1, 0.15) is 29.0 Å². The van der Waals surface area contributed by atoms with Crippen LogP contribution in [0.5, 0.6) is 0 Å². The van der Waals surface area contributed by atoms with Gasteiger partial charge >= 0.3 is 0 Å². The van der Waals surface area contributed by atoms with Crippen molar-refractivity contribution >= 4 is 34.0 Å². The number of hydrogen-bond donors (Lipinski definition) is 1. The van der Waals surface area contributed by atoms with Crippen LogP contribution in [0.25, 0.3) is 27.4 Å². The normalized spacial score (nSPS) is 14.4. The van der Waals surface area contributed by atoms with Crippen LogP contribution in [0.4, 0.5) is 5.82 Å². The van der Waals surface area contributed by atoms with Crippen molar-refractivity contribution in [2.24, 2.45) is 5.92 Å². The maximum atomic E-state index is 4.30. The molecule has 0 amide bonds. The van der Waals surface area contributed by atoms with Crippen LogP contribution in [-0.2, 0) is 6.42 Å².